The summed E-state index contributed by atoms with van der Waals surface area (Å²) in [4.78, 5) is 25.1. The molecule has 2 rings (SSSR count). The summed E-state index contributed by atoms with van der Waals surface area (Å²) in [6.45, 7) is 2.44. The second kappa shape index (κ2) is 9.92. The van der Waals surface area contributed by atoms with Gasteiger partial charge in [-0.2, -0.15) is 13.2 Å². The zero-order chi connectivity index (χ0) is 21.4. The van der Waals surface area contributed by atoms with Gasteiger partial charge in [-0.15, -0.1) is 0 Å². The number of alkyl halides is 3. The first-order chi connectivity index (χ1) is 13.7. The molecule has 0 saturated heterocycles. The molecule has 0 aliphatic rings. The molecule has 156 valence electrons. The maximum Gasteiger partial charge on any atom is 0.416 e. The summed E-state index contributed by atoms with van der Waals surface area (Å²) in [5.74, 6) is 0.0250. The number of hydrogen-bond donors (Lipinski definition) is 3. The number of ether oxygens (including phenoxy) is 1. The molecule has 0 aliphatic heterocycles. The Bertz CT molecular complexity index is 822. The molecule has 2 amide bonds. The molecule has 29 heavy (non-hydrogen) atoms. The summed E-state index contributed by atoms with van der Waals surface area (Å²) in [5.41, 5.74) is 0.0908. The number of likely N-dealkylation sites (N-methyl/N-ethyl adjacent to an activating group) is 1. The van der Waals surface area contributed by atoms with E-state index in [4.69, 9.17) is 4.74 Å². The number of methoxy groups -OCH3 is 1. The van der Waals surface area contributed by atoms with Crippen molar-refractivity contribution in [1.29, 1.82) is 0 Å². The predicted molar refractivity (Wildman–Crippen MR) is 103 cm³/mol. The molecule has 6 nitrogen and oxygen atoms in total. The Morgan fingerprint density at radius 1 is 0.897 bits per heavy atom. The van der Waals surface area contributed by atoms with Gasteiger partial charge in [-0.3, -0.25) is 9.59 Å². The number of carbonyl (C=O) groups excluding carboxylic acids is 2. The van der Waals surface area contributed by atoms with Crippen LogP contribution in [-0.2, 0) is 15.8 Å². The van der Waals surface area contributed by atoms with Crippen molar-refractivity contribution in [3.05, 3.63) is 54.1 Å². The first-order valence-electron chi connectivity index (χ1n) is 8.96. The van der Waals surface area contributed by atoms with Gasteiger partial charge in [0.05, 0.1) is 19.2 Å². The fraction of sp³-hybridized carbons (Fsp3) is 0.300. The molecular weight excluding hydrogens is 387 g/mol. The topological polar surface area (TPSA) is 71.9 Å². The Morgan fingerprint density at radius 2 is 1.34 bits per heavy atom. The summed E-state index contributed by atoms with van der Waals surface area (Å²) in [6.07, 6.45) is -4.43. The van der Waals surface area contributed by atoms with Gasteiger partial charge in [0, 0.05) is 11.4 Å². The van der Waals surface area contributed by atoms with Gasteiger partial charge in [-0.1, -0.05) is 0 Å². The van der Waals surface area contributed by atoms with Crippen LogP contribution in [0, 0.1) is 0 Å². The molecular formula is C20H23F3N3O3+. The van der Waals surface area contributed by atoms with Crippen LogP contribution < -0.4 is 20.3 Å². The van der Waals surface area contributed by atoms with Crippen molar-refractivity contribution < 1.29 is 32.4 Å². The van der Waals surface area contributed by atoms with Gasteiger partial charge >= 0.3 is 6.18 Å². The third-order valence-corrected chi connectivity index (χ3v) is 4.19. The van der Waals surface area contributed by atoms with Crippen molar-refractivity contribution in [3.8, 4) is 5.75 Å². The van der Waals surface area contributed by atoms with Gasteiger partial charge in [-0.25, -0.2) is 0 Å². The van der Waals surface area contributed by atoms with E-state index >= 15 is 0 Å². The highest BCUT2D eigenvalue weighted by molar-refractivity contribution is 5.93. The number of rotatable bonds is 8. The van der Waals surface area contributed by atoms with Gasteiger partial charge in [0.2, 0.25) is 0 Å². The van der Waals surface area contributed by atoms with Gasteiger partial charge in [-0.05, 0) is 55.5 Å². The van der Waals surface area contributed by atoms with E-state index in [0.29, 0.717) is 22.9 Å². The molecule has 0 saturated carbocycles. The first kappa shape index (κ1) is 22.2. The minimum atomic E-state index is -4.43. The summed E-state index contributed by atoms with van der Waals surface area (Å²) in [6, 6.07) is 11.1. The fourth-order valence-corrected chi connectivity index (χ4v) is 2.59. The number of anilines is 2. The van der Waals surface area contributed by atoms with Crippen LogP contribution >= 0.6 is 0 Å². The number of amides is 2. The third-order valence-electron chi connectivity index (χ3n) is 4.19. The number of halogens is 3. The molecule has 3 N–H and O–H groups in total. The highest BCUT2D eigenvalue weighted by atomic mass is 19.4. The van der Waals surface area contributed by atoms with Crippen molar-refractivity contribution >= 4 is 23.2 Å². The lowest BCUT2D eigenvalue weighted by Crippen LogP contribution is -3.13. The van der Waals surface area contributed by atoms with E-state index in [1.54, 1.807) is 31.4 Å². The van der Waals surface area contributed by atoms with Crippen LogP contribution in [0.1, 0.15) is 12.5 Å². The summed E-state index contributed by atoms with van der Waals surface area (Å²) in [7, 11) is 1.55. The minimum Gasteiger partial charge on any atom is -0.497 e. The van der Waals surface area contributed by atoms with Crippen LogP contribution in [-0.4, -0.2) is 38.6 Å². The highest BCUT2D eigenvalue weighted by Crippen LogP contribution is 2.29. The number of hydrogen-bond acceptors (Lipinski definition) is 3. The highest BCUT2D eigenvalue weighted by Gasteiger charge is 2.30. The van der Waals surface area contributed by atoms with Crippen LogP contribution in [0.4, 0.5) is 24.5 Å². The smallest absolute Gasteiger partial charge is 0.416 e. The van der Waals surface area contributed by atoms with Crippen LogP contribution in [0.3, 0.4) is 0 Å². The molecule has 2 aromatic rings. The standard InChI is InChI=1S/C20H22F3N3O3/c1-3-26(13-19(28)25-16-8-10-17(29-2)11-9-16)12-18(27)24-15-6-4-14(5-7-15)20(21,22)23/h4-11H,3,12-13H2,1-2H3,(H,24,27)(H,25,28)/p+1. The monoisotopic (exact) mass is 410 g/mol. The zero-order valence-electron chi connectivity index (χ0n) is 16.1. The van der Waals surface area contributed by atoms with Crippen molar-refractivity contribution in [2.24, 2.45) is 0 Å². The Labute approximate surface area is 166 Å². The first-order valence-corrected chi connectivity index (χ1v) is 8.96. The van der Waals surface area contributed by atoms with Crippen molar-refractivity contribution in [2.45, 2.75) is 13.1 Å². The average molecular weight is 410 g/mol. The number of benzene rings is 2. The quantitative estimate of drug-likeness (QED) is 0.625. The zero-order valence-corrected chi connectivity index (χ0v) is 16.1. The molecule has 2 aromatic carbocycles. The van der Waals surface area contributed by atoms with Crippen LogP contribution in [0.5, 0.6) is 5.75 Å². The van der Waals surface area contributed by atoms with Crippen LogP contribution in [0.2, 0.25) is 0 Å². The molecule has 0 spiro atoms. The lowest BCUT2D eigenvalue weighted by Gasteiger charge is -2.17. The predicted octanol–water partition coefficient (Wildman–Crippen LogP) is 2.20. The molecule has 0 heterocycles. The Balaban J connectivity index is 1.86. The summed E-state index contributed by atoms with van der Waals surface area (Å²) < 4.78 is 42.8. The summed E-state index contributed by atoms with van der Waals surface area (Å²) >= 11 is 0. The van der Waals surface area contributed by atoms with Gasteiger partial charge < -0.3 is 20.3 Å². The molecule has 0 radical (unpaired) electrons. The van der Waals surface area contributed by atoms with Gasteiger partial charge in [0.1, 0.15) is 5.75 Å². The van der Waals surface area contributed by atoms with Crippen molar-refractivity contribution in [1.82, 2.24) is 0 Å². The number of carbonyl (C=O) groups is 2. The third kappa shape index (κ3) is 7.11. The average Bonchev–Trinajstić information content (AvgIpc) is 2.67. The lowest BCUT2D eigenvalue weighted by molar-refractivity contribution is -0.881. The second-order valence-corrected chi connectivity index (χ2v) is 6.36. The molecule has 0 bridgehead atoms. The second-order valence-electron chi connectivity index (χ2n) is 6.36. The van der Waals surface area contributed by atoms with Gasteiger partial charge in [0.15, 0.2) is 13.1 Å². The van der Waals surface area contributed by atoms with E-state index in [1.807, 2.05) is 6.92 Å². The van der Waals surface area contributed by atoms with E-state index in [9.17, 15) is 22.8 Å². The van der Waals surface area contributed by atoms with Crippen LogP contribution in [0.25, 0.3) is 0 Å². The van der Waals surface area contributed by atoms with Gasteiger partial charge in [0.25, 0.3) is 11.8 Å². The molecule has 0 fully saturated rings. The maximum atomic E-state index is 12.6. The Kier molecular flexibility index (Phi) is 7.60. The van der Waals surface area contributed by atoms with E-state index in [2.05, 4.69) is 10.6 Å². The van der Waals surface area contributed by atoms with E-state index in [0.717, 1.165) is 12.1 Å². The maximum absolute atomic E-state index is 12.6. The molecule has 1 atom stereocenters. The van der Waals surface area contributed by atoms with E-state index in [-0.39, 0.29) is 30.6 Å². The van der Waals surface area contributed by atoms with E-state index < -0.39 is 11.7 Å². The normalized spacial score (nSPS) is 12.2. The number of nitrogens with one attached hydrogen (secondary N) is 3. The summed E-state index contributed by atoms with van der Waals surface area (Å²) in [5, 5.41) is 5.30. The van der Waals surface area contributed by atoms with Crippen molar-refractivity contribution in [2.75, 3.05) is 37.4 Å². The molecule has 0 aromatic heterocycles. The molecule has 9 heteroatoms. The largest absolute Gasteiger partial charge is 0.497 e. The Morgan fingerprint density at radius 3 is 1.72 bits per heavy atom. The lowest BCUT2D eigenvalue weighted by atomic mass is 10.2. The SMILES string of the molecule is CC[NH+](CC(=O)Nc1ccc(OC)cc1)CC(=O)Nc1ccc(C(F)(F)F)cc1. The molecule has 0 aliphatic carbocycles. The number of quaternary nitrogens is 1. The minimum absolute atomic E-state index is 0.00749. The Hall–Kier alpha value is -3.07. The molecule has 1 unspecified atom stereocenters. The van der Waals surface area contributed by atoms with Crippen LogP contribution in [0.15, 0.2) is 48.5 Å². The van der Waals surface area contributed by atoms with Crippen molar-refractivity contribution in [3.63, 3.8) is 0 Å². The fourth-order valence-electron chi connectivity index (χ4n) is 2.59. The van der Waals surface area contributed by atoms with E-state index in [1.165, 1.54) is 12.1 Å².